The lowest BCUT2D eigenvalue weighted by Gasteiger charge is -2.25. The molecule has 1 heterocycles. The van der Waals surface area contributed by atoms with Crippen LogP contribution in [-0.4, -0.2) is 47.7 Å². The van der Waals surface area contributed by atoms with E-state index in [4.69, 9.17) is 4.74 Å². The first kappa shape index (κ1) is 22.2. The Morgan fingerprint density at radius 1 is 1.21 bits per heavy atom. The van der Waals surface area contributed by atoms with Gasteiger partial charge in [0.1, 0.15) is 11.6 Å². The van der Waals surface area contributed by atoms with Crippen molar-refractivity contribution in [1.82, 2.24) is 15.5 Å². The lowest BCUT2D eigenvalue weighted by molar-refractivity contribution is -0.124. The zero-order chi connectivity index (χ0) is 20.7. The number of nitrogens with one attached hydrogen (secondary N) is 2. The SMILES string of the molecule is CC(C)C[C@H](NC(=O)OC(C)(C)C)C(=O)N[C@@H]1CCN(Cc2ccccc2)C1. The number of carbonyl (C=O) groups excluding carboxylic acids is 2. The third-order valence-electron chi connectivity index (χ3n) is 4.58. The predicted molar refractivity (Wildman–Crippen MR) is 111 cm³/mol. The van der Waals surface area contributed by atoms with E-state index in [-0.39, 0.29) is 17.9 Å². The number of carbonyl (C=O) groups is 2. The molecule has 0 aromatic heterocycles. The number of nitrogens with zero attached hydrogens (tertiary/aromatic N) is 1. The van der Waals surface area contributed by atoms with Crippen LogP contribution in [-0.2, 0) is 16.1 Å². The molecule has 0 radical (unpaired) electrons. The fraction of sp³-hybridized carbons (Fsp3) is 0.636. The predicted octanol–water partition coefficient (Wildman–Crippen LogP) is 3.32. The Kier molecular flexibility index (Phi) is 7.87. The molecule has 0 bridgehead atoms. The summed E-state index contributed by atoms with van der Waals surface area (Å²) in [5.41, 5.74) is 0.686. The number of hydrogen-bond acceptors (Lipinski definition) is 4. The minimum absolute atomic E-state index is 0.103. The third-order valence-corrected chi connectivity index (χ3v) is 4.58. The Morgan fingerprint density at radius 2 is 1.89 bits per heavy atom. The molecular formula is C22H35N3O3. The zero-order valence-electron chi connectivity index (χ0n) is 17.8. The lowest BCUT2D eigenvalue weighted by atomic mass is 10.0. The molecule has 0 unspecified atom stereocenters. The summed E-state index contributed by atoms with van der Waals surface area (Å²) >= 11 is 0. The summed E-state index contributed by atoms with van der Waals surface area (Å²) in [6.45, 7) is 12.2. The van der Waals surface area contributed by atoms with Gasteiger partial charge in [-0.15, -0.1) is 0 Å². The molecule has 1 aromatic rings. The van der Waals surface area contributed by atoms with Gasteiger partial charge in [-0.2, -0.15) is 0 Å². The number of benzene rings is 1. The van der Waals surface area contributed by atoms with Crippen molar-refractivity contribution in [2.24, 2.45) is 5.92 Å². The van der Waals surface area contributed by atoms with Crippen LogP contribution < -0.4 is 10.6 Å². The third kappa shape index (κ3) is 7.89. The van der Waals surface area contributed by atoms with Crippen LogP contribution in [0.5, 0.6) is 0 Å². The van der Waals surface area contributed by atoms with E-state index < -0.39 is 17.7 Å². The first-order valence-electron chi connectivity index (χ1n) is 10.2. The number of rotatable bonds is 7. The van der Waals surface area contributed by atoms with Crippen LogP contribution in [0.4, 0.5) is 4.79 Å². The standard InChI is InChI=1S/C22H35N3O3/c1-16(2)13-19(24-21(27)28-22(3,4)5)20(26)23-18-11-12-25(15-18)14-17-9-7-6-8-10-17/h6-10,16,18-19H,11-15H2,1-5H3,(H,23,26)(H,24,27)/t18-,19+/m1/s1. The molecule has 2 atom stereocenters. The number of alkyl carbamates (subject to hydrolysis) is 1. The van der Waals surface area contributed by atoms with Crippen molar-refractivity contribution in [2.75, 3.05) is 13.1 Å². The molecule has 1 aliphatic heterocycles. The van der Waals surface area contributed by atoms with E-state index in [0.29, 0.717) is 6.42 Å². The second-order valence-corrected chi connectivity index (χ2v) is 9.04. The molecule has 1 fully saturated rings. The molecule has 28 heavy (non-hydrogen) atoms. The first-order chi connectivity index (χ1) is 13.1. The Bertz CT molecular complexity index is 640. The Morgan fingerprint density at radius 3 is 2.50 bits per heavy atom. The van der Waals surface area contributed by atoms with Crippen LogP contribution in [0.1, 0.15) is 53.0 Å². The minimum Gasteiger partial charge on any atom is -0.444 e. The van der Waals surface area contributed by atoms with E-state index in [1.54, 1.807) is 0 Å². The van der Waals surface area contributed by atoms with Crippen LogP contribution in [0.25, 0.3) is 0 Å². The molecule has 6 nitrogen and oxygen atoms in total. The van der Waals surface area contributed by atoms with Crippen LogP contribution in [0.2, 0.25) is 0 Å². The van der Waals surface area contributed by atoms with Crippen molar-refractivity contribution in [3.05, 3.63) is 35.9 Å². The maximum Gasteiger partial charge on any atom is 0.408 e. The normalized spacial score (nSPS) is 18.7. The maximum atomic E-state index is 12.8. The number of hydrogen-bond donors (Lipinski definition) is 2. The fourth-order valence-electron chi connectivity index (χ4n) is 3.39. The second kappa shape index (κ2) is 9.92. The van der Waals surface area contributed by atoms with E-state index in [2.05, 4.69) is 27.7 Å². The average Bonchev–Trinajstić information content (AvgIpc) is 3.00. The van der Waals surface area contributed by atoms with Gasteiger partial charge in [0.25, 0.3) is 0 Å². The van der Waals surface area contributed by atoms with Crippen molar-refractivity contribution >= 4 is 12.0 Å². The molecule has 0 saturated carbocycles. The molecule has 1 aromatic carbocycles. The van der Waals surface area contributed by atoms with Crippen LogP contribution in [0.3, 0.4) is 0 Å². The quantitative estimate of drug-likeness (QED) is 0.751. The van der Waals surface area contributed by atoms with Crippen molar-refractivity contribution in [3.63, 3.8) is 0 Å². The molecule has 0 spiro atoms. The van der Waals surface area contributed by atoms with Gasteiger partial charge in [0.2, 0.25) is 5.91 Å². The Balaban J connectivity index is 1.87. The highest BCUT2D eigenvalue weighted by atomic mass is 16.6. The van der Waals surface area contributed by atoms with Crippen molar-refractivity contribution in [1.29, 1.82) is 0 Å². The monoisotopic (exact) mass is 389 g/mol. The molecule has 2 rings (SSSR count). The van der Waals surface area contributed by atoms with E-state index in [0.717, 1.165) is 26.1 Å². The Labute approximate surface area is 169 Å². The summed E-state index contributed by atoms with van der Waals surface area (Å²) < 4.78 is 5.32. The summed E-state index contributed by atoms with van der Waals surface area (Å²) in [6.07, 6.45) is 0.940. The molecule has 2 amide bonds. The van der Waals surface area contributed by atoms with Gasteiger partial charge >= 0.3 is 6.09 Å². The molecule has 6 heteroatoms. The molecule has 2 N–H and O–H groups in total. The van der Waals surface area contributed by atoms with Gasteiger partial charge in [-0.3, -0.25) is 9.69 Å². The first-order valence-corrected chi connectivity index (χ1v) is 10.2. The zero-order valence-corrected chi connectivity index (χ0v) is 17.8. The van der Waals surface area contributed by atoms with Crippen LogP contribution >= 0.6 is 0 Å². The molecular weight excluding hydrogens is 354 g/mol. The van der Waals surface area contributed by atoms with Gasteiger partial charge in [-0.1, -0.05) is 44.2 Å². The summed E-state index contributed by atoms with van der Waals surface area (Å²) in [5.74, 6) is 0.148. The molecule has 156 valence electrons. The summed E-state index contributed by atoms with van der Waals surface area (Å²) in [5, 5.41) is 5.86. The van der Waals surface area contributed by atoms with Gasteiger partial charge < -0.3 is 15.4 Å². The summed E-state index contributed by atoms with van der Waals surface area (Å²) in [4.78, 5) is 27.3. The Hall–Kier alpha value is -2.08. The van der Waals surface area contributed by atoms with E-state index in [1.807, 2.05) is 52.8 Å². The van der Waals surface area contributed by atoms with Crippen LogP contribution in [0.15, 0.2) is 30.3 Å². The minimum atomic E-state index is -0.591. The number of amides is 2. The second-order valence-electron chi connectivity index (χ2n) is 9.04. The van der Waals surface area contributed by atoms with E-state index in [9.17, 15) is 9.59 Å². The van der Waals surface area contributed by atoms with Crippen molar-refractivity contribution in [3.8, 4) is 0 Å². The van der Waals surface area contributed by atoms with Crippen molar-refractivity contribution < 1.29 is 14.3 Å². The number of ether oxygens (including phenoxy) is 1. The van der Waals surface area contributed by atoms with Gasteiger partial charge in [0, 0.05) is 25.7 Å². The molecule has 0 aliphatic carbocycles. The molecule has 1 aliphatic rings. The van der Waals surface area contributed by atoms with Gasteiger partial charge in [0.15, 0.2) is 0 Å². The largest absolute Gasteiger partial charge is 0.444 e. The van der Waals surface area contributed by atoms with Crippen molar-refractivity contribution in [2.45, 2.75) is 71.7 Å². The van der Waals surface area contributed by atoms with Gasteiger partial charge in [-0.25, -0.2) is 4.79 Å². The smallest absolute Gasteiger partial charge is 0.408 e. The van der Waals surface area contributed by atoms with E-state index in [1.165, 1.54) is 5.56 Å². The highest BCUT2D eigenvalue weighted by Gasteiger charge is 2.29. The average molecular weight is 390 g/mol. The number of likely N-dealkylation sites (tertiary alicyclic amines) is 1. The lowest BCUT2D eigenvalue weighted by Crippen LogP contribution is -2.51. The van der Waals surface area contributed by atoms with Crippen LogP contribution in [0, 0.1) is 5.92 Å². The van der Waals surface area contributed by atoms with Gasteiger partial charge in [-0.05, 0) is 45.1 Å². The topological polar surface area (TPSA) is 70.7 Å². The molecule has 1 saturated heterocycles. The maximum absolute atomic E-state index is 12.8. The highest BCUT2D eigenvalue weighted by molar-refractivity contribution is 5.85. The highest BCUT2D eigenvalue weighted by Crippen LogP contribution is 2.15. The summed E-state index contributed by atoms with van der Waals surface area (Å²) in [7, 11) is 0. The van der Waals surface area contributed by atoms with E-state index >= 15 is 0 Å². The van der Waals surface area contributed by atoms with Gasteiger partial charge in [0.05, 0.1) is 0 Å². The summed E-state index contributed by atoms with van der Waals surface area (Å²) in [6, 6.07) is 9.87. The fourth-order valence-corrected chi connectivity index (χ4v) is 3.39.